The van der Waals surface area contributed by atoms with Crippen molar-refractivity contribution in [1.29, 1.82) is 0 Å². The molecule has 6 aliphatic carbocycles. The maximum absolute atomic E-state index is 15.2. The summed E-state index contributed by atoms with van der Waals surface area (Å²) in [4.78, 5) is 15.2. The van der Waals surface area contributed by atoms with Crippen LogP contribution in [-0.4, -0.2) is 37.7 Å². The molecular weight excluding hydrogens is 750 g/mol. The second kappa shape index (κ2) is 16.0. The number of carbonyl (C=O) groups is 1. The van der Waals surface area contributed by atoms with Crippen LogP contribution in [-0.2, 0) is 15.5 Å². The molecule has 0 heterocycles. The van der Waals surface area contributed by atoms with Gasteiger partial charge in [-0.05, 0) is 0 Å². The number of rotatable bonds is 9. The maximum atomic E-state index is 15.2. The van der Waals surface area contributed by atoms with Crippen molar-refractivity contribution in [2.75, 3.05) is 0 Å². The molecule has 0 N–H and O–H groups in total. The number of hydrogen-bond donors (Lipinski definition) is 0. The van der Waals surface area contributed by atoms with Gasteiger partial charge < -0.3 is 0 Å². The van der Waals surface area contributed by atoms with Crippen molar-refractivity contribution in [3.63, 3.8) is 0 Å². The zero-order valence-corrected chi connectivity index (χ0v) is 32.4. The van der Waals surface area contributed by atoms with Crippen LogP contribution < -0.4 is 0 Å². The van der Waals surface area contributed by atoms with Crippen LogP contribution in [0, 0.1) is 0 Å². The van der Waals surface area contributed by atoms with Gasteiger partial charge in [-0.25, -0.2) is 0 Å². The molecule has 0 aliphatic heterocycles. The summed E-state index contributed by atoms with van der Waals surface area (Å²) in [5.41, 5.74) is 2.05. The molecule has 42 heavy (non-hydrogen) atoms. The average molecular weight is 819 g/mol. The van der Waals surface area contributed by atoms with Crippen molar-refractivity contribution in [2.45, 2.75) is 227 Å². The van der Waals surface area contributed by atoms with Crippen LogP contribution in [0.4, 0.5) is 4.79 Å². The van der Waals surface area contributed by atoms with Crippen LogP contribution in [0.1, 0.15) is 193 Å². The van der Waals surface area contributed by atoms with Crippen LogP contribution in [0.15, 0.2) is 0 Å². The van der Waals surface area contributed by atoms with Gasteiger partial charge in [-0.1, -0.05) is 0 Å². The van der Waals surface area contributed by atoms with E-state index in [2.05, 4.69) is 0 Å². The molecule has 0 radical (unpaired) electrons. The van der Waals surface area contributed by atoms with Crippen molar-refractivity contribution in [3.8, 4) is 0 Å². The van der Waals surface area contributed by atoms with Crippen LogP contribution in [0.3, 0.4) is 0 Å². The Morgan fingerprint density at radius 2 is 0.524 bits per heavy atom. The van der Waals surface area contributed by atoms with E-state index in [1.54, 1.807) is 0 Å². The van der Waals surface area contributed by atoms with E-state index in [0.717, 1.165) is 34.0 Å². The molecule has 0 bridgehead atoms. The van der Waals surface area contributed by atoms with Gasteiger partial charge >= 0.3 is 273 Å². The Morgan fingerprint density at radius 1 is 0.357 bits per heavy atom. The standard InChI is InChI=1S/2C18H33P.CClO.Ir/c2*1-4-10-16(11-5-1)19(17-12-6-2-7-13-17)18-14-8-3-9-15-18;2-1-3;/h2*16-18H,1-15H2;;/q;;;-2/p+2. The molecule has 1 nitrogen and oxygen atoms in total. The minimum atomic E-state index is -2.29. The van der Waals surface area contributed by atoms with Crippen LogP contribution in [0.2, 0.25) is 0 Å². The summed E-state index contributed by atoms with van der Waals surface area (Å²) in [7, 11) is 0. The molecule has 0 atom stereocenters. The van der Waals surface area contributed by atoms with Gasteiger partial charge in [0.25, 0.3) is 0 Å². The Bertz CT molecular complexity index is 678. The minimum absolute atomic E-state index is 0.469. The quantitative estimate of drug-likeness (QED) is 0.167. The Morgan fingerprint density at radius 3 is 0.667 bits per heavy atom. The fraction of sp³-hybridized carbons (Fsp3) is 0.973. The first kappa shape index (κ1) is 33.4. The molecule has 0 saturated heterocycles. The van der Waals surface area contributed by atoms with E-state index in [4.69, 9.17) is 11.6 Å². The zero-order valence-electron chi connectivity index (χ0n) is 27.3. The summed E-state index contributed by atoms with van der Waals surface area (Å²) >= 11 is 5.34. The van der Waals surface area contributed by atoms with Crippen molar-refractivity contribution in [2.24, 2.45) is 0 Å². The number of halogens is 1. The molecule has 6 fully saturated rings. The van der Waals surface area contributed by atoms with Crippen molar-refractivity contribution >= 4 is 26.4 Å². The fourth-order valence-electron chi connectivity index (χ4n) is 12.5. The van der Waals surface area contributed by atoms with Gasteiger partial charge in [-0.3, -0.25) is 0 Å². The molecule has 5 heteroatoms. The summed E-state index contributed by atoms with van der Waals surface area (Å²) in [6.07, 6.45) is 44.8. The first-order chi connectivity index (χ1) is 20.7. The van der Waals surface area contributed by atoms with Crippen LogP contribution >= 0.6 is 22.6 Å². The molecule has 0 unspecified atom stereocenters. The molecule has 248 valence electrons. The summed E-state index contributed by atoms with van der Waals surface area (Å²) in [6, 6.07) is 0. The normalized spacial score (nSPS) is 29.3. The number of hydrogen-bond acceptors (Lipinski definition) is 1. The monoisotopic (exact) mass is 818 g/mol. The van der Waals surface area contributed by atoms with Crippen molar-refractivity contribution in [1.82, 2.24) is 0 Å². The summed E-state index contributed by atoms with van der Waals surface area (Å²) in [5.74, 6) is 0. The van der Waals surface area contributed by atoms with E-state index in [-0.39, 0.29) is 0 Å². The Hall–Kier alpha value is 1.47. The second-order valence-electron chi connectivity index (χ2n) is 16.0. The topological polar surface area (TPSA) is 17.1 Å². The molecule has 0 amide bonds. The van der Waals surface area contributed by atoms with Gasteiger partial charge in [0.2, 0.25) is 0 Å². The van der Waals surface area contributed by atoms with Gasteiger partial charge in [-0.15, -0.1) is 0 Å². The van der Waals surface area contributed by atoms with E-state index >= 15 is 4.79 Å². The predicted molar refractivity (Wildman–Crippen MR) is 189 cm³/mol. The van der Waals surface area contributed by atoms with E-state index in [1.165, 1.54) is 193 Å². The van der Waals surface area contributed by atoms with Crippen molar-refractivity contribution in [3.05, 3.63) is 0 Å². The average Bonchev–Trinajstić information content (AvgIpc) is 3.07. The molecular formula is C37H68ClIrOP2. The van der Waals surface area contributed by atoms with Gasteiger partial charge in [0.1, 0.15) is 0 Å². The van der Waals surface area contributed by atoms with Gasteiger partial charge in [-0.2, -0.15) is 0 Å². The third kappa shape index (κ3) is 6.60. The molecule has 0 spiro atoms. The predicted octanol–water partition coefficient (Wildman–Crippen LogP) is 13.3. The van der Waals surface area contributed by atoms with Gasteiger partial charge in [0, 0.05) is 0 Å². The van der Waals surface area contributed by atoms with E-state index in [9.17, 15) is 0 Å². The molecule has 0 aromatic rings. The van der Waals surface area contributed by atoms with Crippen molar-refractivity contribution < 1.29 is 20.3 Å². The molecule has 6 rings (SSSR count). The van der Waals surface area contributed by atoms with Gasteiger partial charge in [0.05, 0.1) is 0 Å². The molecule has 0 aromatic heterocycles. The van der Waals surface area contributed by atoms with Crippen LogP contribution in [0.25, 0.3) is 0 Å². The first-order valence-corrected chi connectivity index (χ1v) is 32.4. The fourth-order valence-corrected chi connectivity index (χ4v) is 105. The Kier molecular flexibility index (Phi) is 12.7. The SMILES string of the molecule is O=[C](Cl)[Ir]([PH](C1CCCCC1)(C1CCCCC1)C1CCCCC1)[PH](C1CCCCC1)(C1CCCCC1)C1CCCCC1. The summed E-state index contributed by atoms with van der Waals surface area (Å²) in [6.45, 7) is 0. The Labute approximate surface area is 271 Å². The Balaban J connectivity index is 1.61. The summed E-state index contributed by atoms with van der Waals surface area (Å²) < 4.78 is 0.469. The first-order valence-electron chi connectivity index (χ1n) is 19.5. The van der Waals surface area contributed by atoms with Crippen LogP contribution in [0.5, 0.6) is 0 Å². The summed E-state index contributed by atoms with van der Waals surface area (Å²) in [5, 5.41) is 0. The van der Waals surface area contributed by atoms with E-state index in [1.807, 2.05) is 0 Å². The third-order valence-electron chi connectivity index (χ3n) is 14.0. The van der Waals surface area contributed by atoms with Gasteiger partial charge in [0.15, 0.2) is 0 Å². The second-order valence-corrected chi connectivity index (χ2v) is 48.7. The van der Waals surface area contributed by atoms with E-state index in [0.29, 0.717) is 3.76 Å². The third-order valence-corrected chi connectivity index (χ3v) is 76.3. The molecule has 6 saturated carbocycles. The zero-order chi connectivity index (χ0) is 28.8. The van der Waals surface area contributed by atoms with E-state index < -0.39 is 26.5 Å². The molecule has 6 aliphatic rings. The number of carbonyl (C=O) groups excluding carboxylic acids is 1. The molecule has 0 aromatic carbocycles.